The Bertz CT molecular complexity index is 112. The fraction of sp³-hybridized carbons (Fsp3) is 1.00. The van der Waals surface area contributed by atoms with Crippen LogP contribution in [0.1, 0.15) is 52.9 Å². The van der Waals surface area contributed by atoms with Crippen molar-refractivity contribution in [1.29, 1.82) is 0 Å². The van der Waals surface area contributed by atoms with Gasteiger partial charge in [-0.2, -0.15) is 0 Å². The topological polar surface area (TPSA) is 9.23 Å². The van der Waals surface area contributed by atoms with Gasteiger partial charge in [-0.15, -0.1) is 0 Å². The Balaban J connectivity index is 2.17. The molecule has 0 spiro atoms. The summed E-state index contributed by atoms with van der Waals surface area (Å²) in [6.07, 6.45) is 7.67. The van der Waals surface area contributed by atoms with Crippen LogP contribution in [-0.2, 0) is 4.74 Å². The van der Waals surface area contributed by atoms with E-state index < -0.39 is 0 Å². The Morgan fingerprint density at radius 1 is 1.17 bits per heavy atom. The Kier molecular flexibility index (Phi) is 4.07. The second kappa shape index (κ2) is 4.86. The molecule has 0 aromatic carbocycles. The standard InChI is InChI=1S/C11H22O/c1-4-10-5-7-11(8-6-10)12-9(2)3/h9-11H,4-8H2,1-3H3/t10-,11+. The summed E-state index contributed by atoms with van der Waals surface area (Å²) in [5, 5.41) is 0. The van der Waals surface area contributed by atoms with Gasteiger partial charge in [-0.25, -0.2) is 0 Å². The van der Waals surface area contributed by atoms with Crippen molar-refractivity contribution in [3.8, 4) is 0 Å². The molecule has 0 amide bonds. The molecule has 1 heteroatoms. The van der Waals surface area contributed by atoms with Crippen LogP contribution in [0, 0.1) is 5.92 Å². The maximum Gasteiger partial charge on any atom is 0.0578 e. The van der Waals surface area contributed by atoms with E-state index in [2.05, 4.69) is 20.8 Å². The maximum atomic E-state index is 5.78. The molecule has 0 aliphatic heterocycles. The molecule has 0 unspecified atom stereocenters. The van der Waals surface area contributed by atoms with Gasteiger partial charge >= 0.3 is 0 Å². The second-order valence-corrected chi connectivity index (χ2v) is 4.24. The van der Waals surface area contributed by atoms with Gasteiger partial charge in [-0.1, -0.05) is 13.3 Å². The third-order valence-electron chi connectivity index (χ3n) is 2.84. The number of hydrogen-bond donors (Lipinski definition) is 0. The summed E-state index contributed by atoms with van der Waals surface area (Å²) < 4.78 is 5.78. The highest BCUT2D eigenvalue weighted by atomic mass is 16.5. The molecule has 0 bridgehead atoms. The van der Waals surface area contributed by atoms with Crippen LogP contribution in [0.2, 0.25) is 0 Å². The van der Waals surface area contributed by atoms with Crippen LogP contribution in [-0.4, -0.2) is 12.2 Å². The Hall–Kier alpha value is -0.0400. The summed E-state index contributed by atoms with van der Waals surface area (Å²) in [4.78, 5) is 0. The van der Waals surface area contributed by atoms with E-state index in [1.165, 1.54) is 32.1 Å². The lowest BCUT2D eigenvalue weighted by molar-refractivity contribution is -0.0198. The molecule has 1 rings (SSSR count). The molecule has 0 N–H and O–H groups in total. The fourth-order valence-corrected chi connectivity index (χ4v) is 2.06. The fourth-order valence-electron chi connectivity index (χ4n) is 2.06. The van der Waals surface area contributed by atoms with Gasteiger partial charge < -0.3 is 4.74 Å². The molecule has 0 aromatic rings. The normalized spacial score (nSPS) is 31.0. The van der Waals surface area contributed by atoms with Crippen molar-refractivity contribution < 1.29 is 4.74 Å². The van der Waals surface area contributed by atoms with Crippen LogP contribution in [0.25, 0.3) is 0 Å². The van der Waals surface area contributed by atoms with Gasteiger partial charge in [0.1, 0.15) is 0 Å². The minimum Gasteiger partial charge on any atom is -0.376 e. The third kappa shape index (κ3) is 3.14. The van der Waals surface area contributed by atoms with Crippen LogP contribution in [0.3, 0.4) is 0 Å². The smallest absolute Gasteiger partial charge is 0.0578 e. The second-order valence-electron chi connectivity index (χ2n) is 4.24. The zero-order valence-electron chi connectivity index (χ0n) is 8.68. The highest BCUT2D eigenvalue weighted by molar-refractivity contribution is 4.72. The first-order valence-corrected chi connectivity index (χ1v) is 5.37. The van der Waals surface area contributed by atoms with E-state index in [-0.39, 0.29) is 0 Å². The molecule has 12 heavy (non-hydrogen) atoms. The predicted molar refractivity (Wildman–Crippen MR) is 52.3 cm³/mol. The van der Waals surface area contributed by atoms with Crippen molar-refractivity contribution in [3.63, 3.8) is 0 Å². The zero-order valence-corrected chi connectivity index (χ0v) is 8.68. The van der Waals surface area contributed by atoms with E-state index in [4.69, 9.17) is 4.74 Å². The molecule has 0 aromatic heterocycles. The highest BCUT2D eigenvalue weighted by Crippen LogP contribution is 2.28. The Morgan fingerprint density at radius 3 is 2.17 bits per heavy atom. The average Bonchev–Trinajstić information content (AvgIpc) is 2.05. The lowest BCUT2D eigenvalue weighted by atomic mass is 9.86. The van der Waals surface area contributed by atoms with Gasteiger partial charge in [0, 0.05) is 0 Å². The van der Waals surface area contributed by atoms with Crippen LogP contribution in [0.5, 0.6) is 0 Å². The quantitative estimate of drug-likeness (QED) is 0.631. The van der Waals surface area contributed by atoms with Crippen LogP contribution < -0.4 is 0 Å². The van der Waals surface area contributed by atoms with Gasteiger partial charge in [0.05, 0.1) is 12.2 Å². The van der Waals surface area contributed by atoms with Crippen LogP contribution in [0.15, 0.2) is 0 Å². The first-order chi connectivity index (χ1) is 5.72. The highest BCUT2D eigenvalue weighted by Gasteiger charge is 2.20. The molecule has 1 nitrogen and oxygen atoms in total. The van der Waals surface area contributed by atoms with Crippen molar-refractivity contribution in [2.45, 2.75) is 65.1 Å². The summed E-state index contributed by atoms with van der Waals surface area (Å²) in [6.45, 7) is 6.56. The molecule has 72 valence electrons. The molecule has 0 heterocycles. The summed E-state index contributed by atoms with van der Waals surface area (Å²) in [5.74, 6) is 0.983. The maximum absolute atomic E-state index is 5.78. The van der Waals surface area contributed by atoms with Crippen molar-refractivity contribution in [1.82, 2.24) is 0 Å². The molecule has 1 fully saturated rings. The van der Waals surface area contributed by atoms with Gasteiger partial charge in [-0.3, -0.25) is 0 Å². The molecule has 1 saturated carbocycles. The van der Waals surface area contributed by atoms with Crippen molar-refractivity contribution >= 4 is 0 Å². The van der Waals surface area contributed by atoms with Gasteiger partial charge in [0.25, 0.3) is 0 Å². The number of rotatable bonds is 3. The van der Waals surface area contributed by atoms with E-state index in [9.17, 15) is 0 Å². The van der Waals surface area contributed by atoms with Crippen LogP contribution >= 0.6 is 0 Å². The number of hydrogen-bond acceptors (Lipinski definition) is 1. The third-order valence-corrected chi connectivity index (χ3v) is 2.84. The molecule has 0 atom stereocenters. The lowest BCUT2D eigenvalue weighted by Gasteiger charge is -2.29. The SMILES string of the molecule is CC[C@H]1CC[C@@H](OC(C)C)CC1. The monoisotopic (exact) mass is 170 g/mol. The summed E-state index contributed by atoms with van der Waals surface area (Å²) in [5.41, 5.74) is 0. The summed E-state index contributed by atoms with van der Waals surface area (Å²) in [7, 11) is 0. The summed E-state index contributed by atoms with van der Waals surface area (Å²) >= 11 is 0. The van der Waals surface area contributed by atoms with Crippen LogP contribution in [0.4, 0.5) is 0 Å². The number of ether oxygens (including phenoxy) is 1. The molecule has 1 aliphatic carbocycles. The Morgan fingerprint density at radius 2 is 1.75 bits per heavy atom. The van der Waals surface area contributed by atoms with E-state index in [1.54, 1.807) is 0 Å². The minimum absolute atomic E-state index is 0.410. The molecular formula is C11H22O. The van der Waals surface area contributed by atoms with E-state index in [0.29, 0.717) is 12.2 Å². The van der Waals surface area contributed by atoms with Crippen molar-refractivity contribution in [2.24, 2.45) is 5.92 Å². The van der Waals surface area contributed by atoms with E-state index in [1.807, 2.05) is 0 Å². The van der Waals surface area contributed by atoms with E-state index in [0.717, 1.165) is 5.92 Å². The average molecular weight is 170 g/mol. The molecule has 0 radical (unpaired) electrons. The molecule has 0 saturated heterocycles. The zero-order chi connectivity index (χ0) is 8.97. The largest absolute Gasteiger partial charge is 0.376 e. The Labute approximate surface area is 76.5 Å². The van der Waals surface area contributed by atoms with Crippen molar-refractivity contribution in [2.75, 3.05) is 0 Å². The molecular weight excluding hydrogens is 148 g/mol. The first kappa shape index (κ1) is 10.0. The molecule has 1 aliphatic rings. The van der Waals surface area contributed by atoms with Gasteiger partial charge in [-0.05, 0) is 45.4 Å². The van der Waals surface area contributed by atoms with E-state index >= 15 is 0 Å². The summed E-state index contributed by atoms with van der Waals surface area (Å²) in [6, 6.07) is 0. The van der Waals surface area contributed by atoms with Crippen molar-refractivity contribution in [3.05, 3.63) is 0 Å². The predicted octanol–water partition coefficient (Wildman–Crippen LogP) is 3.38. The van der Waals surface area contributed by atoms with Gasteiger partial charge in [0.15, 0.2) is 0 Å². The minimum atomic E-state index is 0.410. The lowest BCUT2D eigenvalue weighted by Crippen LogP contribution is -2.24. The van der Waals surface area contributed by atoms with Gasteiger partial charge in [0.2, 0.25) is 0 Å². The first-order valence-electron chi connectivity index (χ1n) is 5.37.